The Morgan fingerprint density at radius 3 is 2.70 bits per heavy atom. The van der Waals surface area contributed by atoms with Gasteiger partial charge in [0, 0.05) is 11.9 Å². The van der Waals surface area contributed by atoms with E-state index in [-0.39, 0.29) is 23.6 Å². The maximum Gasteiger partial charge on any atom is 0.272 e. The molecule has 0 aliphatic rings. The van der Waals surface area contributed by atoms with Crippen LogP contribution in [-0.4, -0.2) is 16.1 Å². The molecule has 23 heavy (non-hydrogen) atoms. The second-order valence-electron chi connectivity index (χ2n) is 5.21. The molecule has 0 saturated heterocycles. The molecule has 0 saturated carbocycles. The molecule has 5 nitrogen and oxygen atoms in total. The van der Waals surface area contributed by atoms with Crippen LogP contribution in [0.15, 0.2) is 47.3 Å². The quantitative estimate of drug-likeness (QED) is 0.779. The van der Waals surface area contributed by atoms with Crippen molar-refractivity contribution in [2.45, 2.75) is 13.5 Å². The van der Waals surface area contributed by atoms with Crippen LogP contribution in [0.3, 0.4) is 0 Å². The van der Waals surface area contributed by atoms with Gasteiger partial charge in [-0.2, -0.15) is 5.10 Å². The zero-order chi connectivity index (χ0) is 16.4. The smallest absolute Gasteiger partial charge is 0.272 e. The Morgan fingerprint density at radius 2 is 1.96 bits per heavy atom. The van der Waals surface area contributed by atoms with Gasteiger partial charge in [0.15, 0.2) is 5.69 Å². The minimum Gasteiger partial charge on any atom is -0.347 e. The number of carbonyl (C=O) groups excluding carboxylic acids is 1. The third kappa shape index (κ3) is 2.96. The highest BCUT2D eigenvalue weighted by Gasteiger charge is 2.13. The first-order valence-corrected chi connectivity index (χ1v) is 7.07. The van der Waals surface area contributed by atoms with Gasteiger partial charge in [-0.1, -0.05) is 30.3 Å². The number of nitrogens with zero attached hydrogens (tertiary/aromatic N) is 1. The van der Waals surface area contributed by atoms with E-state index in [4.69, 9.17) is 0 Å². The van der Waals surface area contributed by atoms with Crippen LogP contribution in [0.4, 0.5) is 4.39 Å². The Labute approximate surface area is 131 Å². The molecule has 0 aliphatic heterocycles. The number of nitrogens with one attached hydrogen (secondary N) is 2. The van der Waals surface area contributed by atoms with Crippen molar-refractivity contribution < 1.29 is 9.18 Å². The first-order valence-electron chi connectivity index (χ1n) is 7.07. The van der Waals surface area contributed by atoms with Gasteiger partial charge in [0.25, 0.3) is 11.5 Å². The lowest BCUT2D eigenvalue weighted by atomic mass is 10.1. The lowest BCUT2D eigenvalue weighted by molar-refractivity contribution is 0.0946. The summed E-state index contributed by atoms with van der Waals surface area (Å²) >= 11 is 0. The zero-order valence-corrected chi connectivity index (χ0v) is 12.4. The molecule has 2 aromatic carbocycles. The molecular formula is C17H14FN3O2. The lowest BCUT2D eigenvalue weighted by Crippen LogP contribution is -2.26. The van der Waals surface area contributed by atoms with E-state index >= 15 is 0 Å². The number of hydrogen-bond acceptors (Lipinski definition) is 3. The van der Waals surface area contributed by atoms with Gasteiger partial charge in [0.05, 0.1) is 5.39 Å². The fraction of sp³-hybridized carbons (Fsp3) is 0.118. The second kappa shape index (κ2) is 6.00. The van der Waals surface area contributed by atoms with E-state index in [2.05, 4.69) is 15.5 Å². The number of amides is 1. The highest BCUT2D eigenvalue weighted by atomic mass is 19.1. The number of fused-ring (bicyclic) bond motifs is 1. The van der Waals surface area contributed by atoms with Gasteiger partial charge in [-0.3, -0.25) is 9.59 Å². The summed E-state index contributed by atoms with van der Waals surface area (Å²) < 4.78 is 13.5. The van der Waals surface area contributed by atoms with Gasteiger partial charge in [0.1, 0.15) is 5.82 Å². The van der Waals surface area contributed by atoms with E-state index in [1.165, 1.54) is 6.07 Å². The average Bonchev–Trinajstić information content (AvgIpc) is 2.56. The summed E-state index contributed by atoms with van der Waals surface area (Å²) in [5.41, 5.74) is 0.981. The summed E-state index contributed by atoms with van der Waals surface area (Å²) in [6, 6.07) is 11.5. The van der Waals surface area contributed by atoms with E-state index in [1.807, 2.05) is 0 Å². The molecule has 1 amide bonds. The van der Waals surface area contributed by atoms with Gasteiger partial charge < -0.3 is 5.32 Å². The summed E-state index contributed by atoms with van der Waals surface area (Å²) in [6.07, 6.45) is 0. The van der Waals surface area contributed by atoms with Gasteiger partial charge in [0.2, 0.25) is 0 Å². The summed E-state index contributed by atoms with van der Waals surface area (Å²) in [7, 11) is 0. The molecule has 0 spiro atoms. The molecule has 1 aromatic heterocycles. The number of hydrogen-bond donors (Lipinski definition) is 2. The van der Waals surface area contributed by atoms with Crippen LogP contribution in [-0.2, 0) is 6.54 Å². The molecule has 0 fully saturated rings. The largest absolute Gasteiger partial charge is 0.347 e. The lowest BCUT2D eigenvalue weighted by Gasteiger charge is -2.07. The molecule has 2 N–H and O–H groups in total. The Kier molecular flexibility index (Phi) is 3.89. The van der Waals surface area contributed by atoms with Gasteiger partial charge in [-0.25, -0.2) is 9.49 Å². The summed E-state index contributed by atoms with van der Waals surface area (Å²) in [5, 5.41) is 9.70. The first kappa shape index (κ1) is 14.9. The number of H-pyrrole nitrogens is 1. The number of benzene rings is 2. The van der Waals surface area contributed by atoms with Gasteiger partial charge >= 0.3 is 0 Å². The van der Waals surface area contributed by atoms with Crippen molar-refractivity contribution in [3.05, 3.63) is 75.5 Å². The van der Waals surface area contributed by atoms with Crippen molar-refractivity contribution in [3.63, 3.8) is 0 Å². The van der Waals surface area contributed by atoms with Crippen molar-refractivity contribution in [1.29, 1.82) is 0 Å². The number of aryl methyl sites for hydroxylation is 1. The second-order valence-corrected chi connectivity index (χ2v) is 5.21. The van der Waals surface area contributed by atoms with Crippen molar-refractivity contribution >= 4 is 16.7 Å². The Bertz CT molecular complexity index is 950. The van der Waals surface area contributed by atoms with E-state index in [1.54, 1.807) is 43.3 Å². The van der Waals surface area contributed by atoms with Crippen molar-refractivity contribution in [2.24, 2.45) is 0 Å². The molecule has 116 valence electrons. The van der Waals surface area contributed by atoms with Gasteiger partial charge in [-0.15, -0.1) is 0 Å². The average molecular weight is 311 g/mol. The number of aromatic amines is 1. The minimum atomic E-state index is -0.432. The minimum absolute atomic E-state index is 0.132. The van der Waals surface area contributed by atoms with Crippen LogP contribution in [0.5, 0.6) is 0 Å². The highest BCUT2D eigenvalue weighted by molar-refractivity contribution is 6.04. The number of carbonyl (C=O) groups is 1. The van der Waals surface area contributed by atoms with Crippen molar-refractivity contribution in [3.8, 4) is 0 Å². The zero-order valence-electron chi connectivity index (χ0n) is 12.4. The monoisotopic (exact) mass is 311 g/mol. The number of aromatic nitrogens is 2. The Balaban J connectivity index is 1.85. The van der Waals surface area contributed by atoms with E-state index in [0.29, 0.717) is 21.9 Å². The molecular weight excluding hydrogens is 297 g/mol. The van der Waals surface area contributed by atoms with Crippen molar-refractivity contribution in [2.75, 3.05) is 0 Å². The van der Waals surface area contributed by atoms with Crippen LogP contribution in [0.25, 0.3) is 10.8 Å². The SMILES string of the molecule is Cc1ccc(CNC(=O)c2n[nH]c(=O)c3ccccc23)cc1F. The van der Waals surface area contributed by atoms with Crippen LogP contribution < -0.4 is 10.9 Å². The van der Waals surface area contributed by atoms with E-state index < -0.39 is 5.91 Å². The van der Waals surface area contributed by atoms with Crippen LogP contribution in [0.1, 0.15) is 21.6 Å². The molecule has 0 aliphatic carbocycles. The maximum absolute atomic E-state index is 13.5. The molecule has 6 heteroatoms. The van der Waals surface area contributed by atoms with E-state index in [9.17, 15) is 14.0 Å². The van der Waals surface area contributed by atoms with Crippen LogP contribution >= 0.6 is 0 Å². The summed E-state index contributed by atoms with van der Waals surface area (Å²) in [5.74, 6) is -0.747. The number of rotatable bonds is 3. The molecule has 0 bridgehead atoms. The molecule has 0 atom stereocenters. The van der Waals surface area contributed by atoms with Crippen molar-refractivity contribution in [1.82, 2.24) is 15.5 Å². The number of halogens is 1. The maximum atomic E-state index is 13.5. The standard InChI is InChI=1S/C17H14FN3O2/c1-10-6-7-11(8-14(10)18)9-19-17(23)15-12-4-2-3-5-13(12)16(22)21-20-15/h2-8H,9H2,1H3,(H,19,23)(H,21,22). The van der Waals surface area contributed by atoms with Gasteiger partial charge in [-0.05, 0) is 30.2 Å². The predicted octanol–water partition coefficient (Wildman–Crippen LogP) is 2.30. The third-order valence-corrected chi connectivity index (χ3v) is 3.60. The fourth-order valence-electron chi connectivity index (χ4n) is 2.30. The third-order valence-electron chi connectivity index (χ3n) is 3.60. The highest BCUT2D eigenvalue weighted by Crippen LogP contribution is 2.13. The topological polar surface area (TPSA) is 74.8 Å². The molecule has 3 aromatic rings. The summed E-state index contributed by atoms with van der Waals surface area (Å²) in [4.78, 5) is 24.0. The predicted molar refractivity (Wildman–Crippen MR) is 84.7 cm³/mol. The van der Waals surface area contributed by atoms with Crippen LogP contribution in [0.2, 0.25) is 0 Å². The Morgan fingerprint density at radius 1 is 1.22 bits per heavy atom. The van der Waals surface area contributed by atoms with E-state index in [0.717, 1.165) is 0 Å². The molecule has 0 unspecified atom stereocenters. The summed E-state index contributed by atoms with van der Waals surface area (Å²) in [6.45, 7) is 1.85. The van der Waals surface area contributed by atoms with Crippen LogP contribution in [0, 0.1) is 12.7 Å². The fourth-order valence-corrected chi connectivity index (χ4v) is 2.30. The normalized spacial score (nSPS) is 10.7. The Hall–Kier alpha value is -3.02. The molecule has 3 rings (SSSR count). The molecule has 1 heterocycles. The first-order chi connectivity index (χ1) is 11.1. The molecule has 0 radical (unpaired) electrons.